The summed E-state index contributed by atoms with van der Waals surface area (Å²) < 4.78 is 2.04. The lowest BCUT2D eigenvalue weighted by Gasteiger charge is -2.35. The fourth-order valence-electron chi connectivity index (χ4n) is 2.95. The van der Waals surface area contributed by atoms with Crippen LogP contribution in [0.2, 0.25) is 0 Å². The van der Waals surface area contributed by atoms with Crippen LogP contribution in [-0.4, -0.2) is 42.7 Å². The Kier molecular flexibility index (Phi) is 4.03. The van der Waals surface area contributed by atoms with E-state index in [9.17, 15) is 5.26 Å². The van der Waals surface area contributed by atoms with Crippen LogP contribution in [0, 0.1) is 11.3 Å². The van der Waals surface area contributed by atoms with Gasteiger partial charge in [0.15, 0.2) is 0 Å². The molecule has 0 aliphatic carbocycles. The molecule has 5 nitrogen and oxygen atoms in total. The van der Waals surface area contributed by atoms with Gasteiger partial charge in [0.25, 0.3) is 0 Å². The molecule has 0 spiro atoms. The third-order valence-electron chi connectivity index (χ3n) is 4.20. The number of nitrogens with zero attached hydrogens (tertiary/aromatic N) is 4. The lowest BCUT2D eigenvalue weighted by molar-refractivity contribution is 0.311. The highest BCUT2D eigenvalue weighted by Gasteiger charge is 2.22. The minimum Gasteiger partial charge on any atom is -0.396 e. The summed E-state index contributed by atoms with van der Waals surface area (Å²) >= 11 is 0. The zero-order valence-electron chi connectivity index (χ0n) is 12.9. The highest BCUT2D eigenvalue weighted by Crippen LogP contribution is 2.29. The second kappa shape index (κ2) is 6.12. The van der Waals surface area contributed by atoms with Crippen molar-refractivity contribution in [3.05, 3.63) is 47.7 Å². The monoisotopic (exact) mass is 295 g/mol. The van der Waals surface area contributed by atoms with E-state index >= 15 is 0 Å². The molecule has 3 rings (SSSR count). The first kappa shape index (κ1) is 14.5. The van der Waals surface area contributed by atoms with Crippen LogP contribution in [0.15, 0.2) is 36.4 Å². The van der Waals surface area contributed by atoms with Gasteiger partial charge in [-0.3, -0.25) is 0 Å². The van der Waals surface area contributed by atoms with Gasteiger partial charge in [0, 0.05) is 26.2 Å². The summed E-state index contributed by atoms with van der Waals surface area (Å²) in [4.78, 5) is 4.60. The molecular weight excluding hydrogens is 274 g/mol. The van der Waals surface area contributed by atoms with Crippen molar-refractivity contribution in [1.82, 2.24) is 9.47 Å². The average molecular weight is 295 g/mol. The Labute approximate surface area is 131 Å². The van der Waals surface area contributed by atoms with Crippen molar-refractivity contribution < 1.29 is 0 Å². The maximum atomic E-state index is 9.42. The first-order valence-corrected chi connectivity index (χ1v) is 7.55. The number of rotatable bonds is 3. The molecule has 0 amide bonds. The molecule has 0 atom stereocenters. The van der Waals surface area contributed by atoms with Crippen LogP contribution in [0.5, 0.6) is 0 Å². The highest BCUT2D eigenvalue weighted by molar-refractivity contribution is 5.68. The maximum absolute atomic E-state index is 9.42. The van der Waals surface area contributed by atoms with Crippen LogP contribution in [0.25, 0.3) is 0 Å². The summed E-state index contributed by atoms with van der Waals surface area (Å²) in [6, 6.07) is 14.2. The van der Waals surface area contributed by atoms with Crippen molar-refractivity contribution in [3.63, 3.8) is 0 Å². The molecule has 2 heterocycles. The molecule has 2 aromatic rings. The molecular formula is C17H21N5. The van der Waals surface area contributed by atoms with E-state index < -0.39 is 0 Å². The largest absolute Gasteiger partial charge is 0.396 e. The third-order valence-corrected chi connectivity index (χ3v) is 4.20. The van der Waals surface area contributed by atoms with Crippen molar-refractivity contribution >= 4 is 11.5 Å². The van der Waals surface area contributed by atoms with Gasteiger partial charge in [-0.1, -0.05) is 30.3 Å². The number of hydrogen-bond acceptors (Lipinski definition) is 4. The number of nitrogens with two attached hydrogens (primary N) is 1. The number of aromatic nitrogens is 1. The normalized spacial score (nSPS) is 15.7. The van der Waals surface area contributed by atoms with Crippen LogP contribution < -0.4 is 10.6 Å². The predicted octanol–water partition coefficient (Wildman–Crippen LogP) is 1.74. The van der Waals surface area contributed by atoms with Gasteiger partial charge in [0.1, 0.15) is 17.6 Å². The van der Waals surface area contributed by atoms with Gasteiger partial charge in [-0.25, -0.2) is 0 Å². The second-order valence-corrected chi connectivity index (χ2v) is 5.78. The Morgan fingerprint density at radius 2 is 1.82 bits per heavy atom. The van der Waals surface area contributed by atoms with Gasteiger partial charge >= 0.3 is 0 Å². The molecule has 0 radical (unpaired) electrons. The van der Waals surface area contributed by atoms with Crippen molar-refractivity contribution in [1.29, 1.82) is 5.26 Å². The summed E-state index contributed by atoms with van der Waals surface area (Å²) in [5.74, 6) is 0.980. The number of piperazine rings is 1. The van der Waals surface area contributed by atoms with Crippen molar-refractivity contribution in [2.45, 2.75) is 6.54 Å². The average Bonchev–Trinajstić information content (AvgIpc) is 2.85. The molecule has 22 heavy (non-hydrogen) atoms. The number of nitrogen functional groups attached to an aromatic ring is 1. The second-order valence-electron chi connectivity index (χ2n) is 5.78. The van der Waals surface area contributed by atoms with E-state index in [2.05, 4.69) is 35.0 Å². The van der Waals surface area contributed by atoms with E-state index in [-0.39, 0.29) is 0 Å². The van der Waals surface area contributed by atoms with E-state index in [0.29, 0.717) is 17.9 Å². The smallest absolute Gasteiger partial charge is 0.133 e. The number of benzene rings is 1. The maximum Gasteiger partial charge on any atom is 0.133 e. The minimum absolute atomic E-state index is 0.621. The van der Waals surface area contributed by atoms with Crippen LogP contribution in [0.4, 0.5) is 11.5 Å². The molecule has 1 fully saturated rings. The SMILES string of the molecule is CN1CCN(c2c(N)cc(C#N)n2Cc2ccccc2)CC1. The molecule has 0 unspecified atom stereocenters. The van der Waals surface area contributed by atoms with E-state index in [1.54, 1.807) is 6.07 Å². The van der Waals surface area contributed by atoms with E-state index in [1.807, 2.05) is 22.8 Å². The van der Waals surface area contributed by atoms with Crippen LogP contribution in [0.1, 0.15) is 11.3 Å². The fourth-order valence-corrected chi connectivity index (χ4v) is 2.95. The number of anilines is 2. The Balaban J connectivity index is 1.95. The minimum atomic E-state index is 0.621. The van der Waals surface area contributed by atoms with Gasteiger partial charge in [-0.05, 0) is 18.7 Å². The van der Waals surface area contributed by atoms with Gasteiger partial charge in [0.2, 0.25) is 0 Å². The lowest BCUT2D eigenvalue weighted by Crippen LogP contribution is -2.45. The van der Waals surface area contributed by atoms with Crippen molar-refractivity contribution in [2.75, 3.05) is 43.9 Å². The molecule has 5 heteroatoms. The molecule has 1 aromatic carbocycles. The van der Waals surface area contributed by atoms with Crippen molar-refractivity contribution in [2.24, 2.45) is 0 Å². The summed E-state index contributed by atoms with van der Waals surface area (Å²) in [6.45, 7) is 4.56. The fraction of sp³-hybridized carbons (Fsp3) is 0.353. The van der Waals surface area contributed by atoms with Gasteiger partial charge in [-0.15, -0.1) is 0 Å². The molecule has 1 aromatic heterocycles. The number of likely N-dealkylation sites (N-methyl/N-ethyl adjacent to an activating group) is 1. The lowest BCUT2D eigenvalue weighted by atomic mass is 10.2. The summed E-state index contributed by atoms with van der Waals surface area (Å²) in [5.41, 5.74) is 8.69. The highest BCUT2D eigenvalue weighted by atomic mass is 15.3. The van der Waals surface area contributed by atoms with Crippen LogP contribution in [-0.2, 0) is 6.54 Å². The summed E-state index contributed by atoms with van der Waals surface area (Å²) in [5, 5.41) is 9.42. The Hall–Kier alpha value is -2.45. The molecule has 1 aliphatic rings. The Morgan fingerprint density at radius 3 is 2.45 bits per heavy atom. The third kappa shape index (κ3) is 2.78. The van der Waals surface area contributed by atoms with Gasteiger partial charge in [-0.2, -0.15) is 5.26 Å². The zero-order valence-corrected chi connectivity index (χ0v) is 12.9. The van der Waals surface area contributed by atoms with Gasteiger partial charge in [0.05, 0.1) is 12.2 Å². The van der Waals surface area contributed by atoms with Gasteiger partial charge < -0.3 is 20.1 Å². The van der Waals surface area contributed by atoms with E-state index in [1.165, 1.54) is 5.56 Å². The molecule has 2 N–H and O–H groups in total. The Morgan fingerprint density at radius 1 is 1.14 bits per heavy atom. The van der Waals surface area contributed by atoms with Crippen LogP contribution in [0.3, 0.4) is 0 Å². The summed E-state index contributed by atoms with van der Waals surface area (Å²) in [6.07, 6.45) is 0. The number of hydrogen-bond donors (Lipinski definition) is 1. The first-order chi connectivity index (χ1) is 10.7. The standard InChI is InChI=1S/C17H21N5/c1-20-7-9-21(10-8-20)17-16(19)11-15(12-18)22(17)13-14-5-3-2-4-6-14/h2-6,11H,7-10,13,19H2,1H3. The number of nitriles is 1. The molecule has 0 saturated carbocycles. The quantitative estimate of drug-likeness (QED) is 0.937. The zero-order chi connectivity index (χ0) is 15.5. The van der Waals surface area contributed by atoms with E-state index in [0.717, 1.165) is 32.0 Å². The topological polar surface area (TPSA) is 61.2 Å². The van der Waals surface area contributed by atoms with E-state index in [4.69, 9.17) is 5.73 Å². The predicted molar refractivity (Wildman–Crippen MR) is 88.8 cm³/mol. The Bertz CT molecular complexity index is 675. The molecule has 1 aliphatic heterocycles. The van der Waals surface area contributed by atoms with Crippen molar-refractivity contribution in [3.8, 4) is 6.07 Å². The molecule has 0 bridgehead atoms. The molecule has 114 valence electrons. The van der Waals surface area contributed by atoms with Crippen LogP contribution >= 0.6 is 0 Å². The first-order valence-electron chi connectivity index (χ1n) is 7.55. The summed E-state index contributed by atoms with van der Waals surface area (Å²) in [7, 11) is 2.13. The molecule has 1 saturated heterocycles.